The molecular weight excluding hydrogens is 304 g/mol. The SMILES string of the molecule is Cn1nnnc1SCCOc1ccc(Br)cc1. The van der Waals surface area contributed by atoms with E-state index in [-0.39, 0.29) is 0 Å². The van der Waals surface area contributed by atoms with Crippen LogP contribution in [0.25, 0.3) is 0 Å². The van der Waals surface area contributed by atoms with Crippen LogP contribution in [0.1, 0.15) is 0 Å². The second kappa shape index (κ2) is 6.02. The minimum Gasteiger partial charge on any atom is -0.493 e. The Balaban J connectivity index is 1.73. The Morgan fingerprint density at radius 2 is 2.12 bits per heavy atom. The van der Waals surface area contributed by atoms with E-state index in [4.69, 9.17) is 4.74 Å². The summed E-state index contributed by atoms with van der Waals surface area (Å²) in [6, 6.07) is 7.77. The molecular formula is C10H11BrN4OS. The molecule has 5 nitrogen and oxygen atoms in total. The molecule has 2 aromatic rings. The van der Waals surface area contributed by atoms with Crippen molar-refractivity contribution in [1.82, 2.24) is 20.2 Å². The lowest BCUT2D eigenvalue weighted by molar-refractivity contribution is 0.343. The van der Waals surface area contributed by atoms with Crippen LogP contribution in [0, 0.1) is 0 Å². The van der Waals surface area contributed by atoms with Crippen molar-refractivity contribution in [2.24, 2.45) is 7.05 Å². The lowest BCUT2D eigenvalue weighted by Crippen LogP contribution is -2.01. The van der Waals surface area contributed by atoms with Crippen molar-refractivity contribution in [3.05, 3.63) is 28.7 Å². The number of tetrazole rings is 1. The van der Waals surface area contributed by atoms with Crippen molar-refractivity contribution in [2.75, 3.05) is 12.4 Å². The Morgan fingerprint density at radius 3 is 2.76 bits per heavy atom. The van der Waals surface area contributed by atoms with E-state index in [1.807, 2.05) is 31.3 Å². The molecule has 90 valence electrons. The maximum Gasteiger partial charge on any atom is 0.209 e. The fourth-order valence-electron chi connectivity index (χ4n) is 1.17. The zero-order chi connectivity index (χ0) is 12.1. The van der Waals surface area contributed by atoms with Crippen LogP contribution in [0.4, 0.5) is 0 Å². The molecule has 0 atom stereocenters. The minimum atomic E-state index is 0.624. The van der Waals surface area contributed by atoms with Crippen molar-refractivity contribution in [3.63, 3.8) is 0 Å². The second-order valence-electron chi connectivity index (χ2n) is 3.24. The lowest BCUT2D eigenvalue weighted by atomic mass is 10.3. The molecule has 0 saturated heterocycles. The first-order chi connectivity index (χ1) is 8.25. The highest BCUT2D eigenvalue weighted by atomic mass is 79.9. The molecule has 0 amide bonds. The molecule has 17 heavy (non-hydrogen) atoms. The topological polar surface area (TPSA) is 52.8 Å². The number of rotatable bonds is 5. The van der Waals surface area contributed by atoms with E-state index in [9.17, 15) is 0 Å². The molecule has 0 unspecified atom stereocenters. The van der Waals surface area contributed by atoms with Crippen molar-refractivity contribution in [1.29, 1.82) is 0 Å². The molecule has 1 aromatic heterocycles. The van der Waals surface area contributed by atoms with Crippen LogP contribution in [-0.4, -0.2) is 32.6 Å². The third-order valence-corrected chi connectivity index (χ3v) is 3.48. The monoisotopic (exact) mass is 314 g/mol. The van der Waals surface area contributed by atoms with Crippen LogP contribution in [0.2, 0.25) is 0 Å². The number of halogens is 1. The summed E-state index contributed by atoms with van der Waals surface area (Å²) in [5, 5.41) is 12.0. The van der Waals surface area contributed by atoms with Gasteiger partial charge in [-0.1, -0.05) is 27.7 Å². The number of ether oxygens (including phenoxy) is 1. The van der Waals surface area contributed by atoms with Crippen LogP contribution in [0.15, 0.2) is 33.9 Å². The molecule has 0 aliphatic heterocycles. The molecule has 0 spiro atoms. The highest BCUT2D eigenvalue weighted by Crippen LogP contribution is 2.17. The first kappa shape index (κ1) is 12.4. The second-order valence-corrected chi connectivity index (χ2v) is 5.21. The summed E-state index contributed by atoms with van der Waals surface area (Å²) >= 11 is 4.95. The first-order valence-corrected chi connectivity index (χ1v) is 6.77. The Labute approximate surface area is 112 Å². The summed E-state index contributed by atoms with van der Waals surface area (Å²) in [7, 11) is 1.82. The van der Waals surface area contributed by atoms with Crippen molar-refractivity contribution < 1.29 is 4.74 Å². The van der Waals surface area contributed by atoms with Gasteiger partial charge in [0.05, 0.1) is 6.61 Å². The maximum absolute atomic E-state index is 5.58. The normalized spacial score (nSPS) is 10.5. The van der Waals surface area contributed by atoms with Gasteiger partial charge in [-0.2, -0.15) is 0 Å². The van der Waals surface area contributed by atoms with Gasteiger partial charge in [0.15, 0.2) is 0 Å². The molecule has 0 aliphatic carbocycles. The fourth-order valence-corrected chi connectivity index (χ4v) is 2.10. The number of hydrogen-bond acceptors (Lipinski definition) is 5. The first-order valence-electron chi connectivity index (χ1n) is 4.99. The summed E-state index contributed by atoms with van der Waals surface area (Å²) in [4.78, 5) is 0. The van der Waals surface area contributed by atoms with Gasteiger partial charge in [0.1, 0.15) is 5.75 Å². The molecule has 1 aromatic carbocycles. The molecule has 0 N–H and O–H groups in total. The predicted molar refractivity (Wildman–Crippen MR) is 69.2 cm³/mol. The van der Waals surface area contributed by atoms with E-state index < -0.39 is 0 Å². The van der Waals surface area contributed by atoms with Crippen LogP contribution >= 0.6 is 27.7 Å². The van der Waals surface area contributed by atoms with Gasteiger partial charge in [0.2, 0.25) is 5.16 Å². The maximum atomic E-state index is 5.58. The van der Waals surface area contributed by atoms with Gasteiger partial charge in [-0.15, -0.1) is 5.10 Å². The Morgan fingerprint density at radius 1 is 1.35 bits per heavy atom. The number of hydrogen-bond donors (Lipinski definition) is 0. The summed E-state index contributed by atoms with van der Waals surface area (Å²) in [5.41, 5.74) is 0. The average Bonchev–Trinajstić information content (AvgIpc) is 2.73. The standard InChI is InChI=1S/C10H11BrN4OS/c1-15-10(12-13-14-15)17-7-6-16-9-4-2-8(11)3-5-9/h2-5H,6-7H2,1H3. The summed E-state index contributed by atoms with van der Waals surface area (Å²) in [6.07, 6.45) is 0. The van der Waals surface area contributed by atoms with Gasteiger partial charge in [0.25, 0.3) is 0 Å². The molecule has 0 fully saturated rings. The number of nitrogens with zero attached hydrogens (tertiary/aromatic N) is 4. The van der Waals surface area contributed by atoms with E-state index in [2.05, 4.69) is 31.5 Å². The minimum absolute atomic E-state index is 0.624. The molecule has 0 aliphatic rings. The fraction of sp³-hybridized carbons (Fsp3) is 0.300. The number of benzene rings is 1. The number of aromatic nitrogens is 4. The van der Waals surface area contributed by atoms with E-state index in [1.54, 1.807) is 16.4 Å². The van der Waals surface area contributed by atoms with Crippen molar-refractivity contribution in [2.45, 2.75) is 5.16 Å². The van der Waals surface area contributed by atoms with Crippen LogP contribution in [0.3, 0.4) is 0 Å². The molecule has 1 heterocycles. The zero-order valence-corrected chi connectivity index (χ0v) is 11.6. The third-order valence-electron chi connectivity index (χ3n) is 1.98. The molecule has 7 heteroatoms. The Bertz CT molecular complexity index is 473. The number of thioether (sulfide) groups is 1. The van der Waals surface area contributed by atoms with Crippen LogP contribution < -0.4 is 4.74 Å². The van der Waals surface area contributed by atoms with Crippen molar-refractivity contribution in [3.8, 4) is 5.75 Å². The summed E-state index contributed by atoms with van der Waals surface area (Å²) in [6.45, 7) is 0.624. The molecule has 2 rings (SSSR count). The van der Waals surface area contributed by atoms with Gasteiger partial charge in [-0.3, -0.25) is 0 Å². The van der Waals surface area contributed by atoms with Gasteiger partial charge in [-0.25, -0.2) is 4.68 Å². The molecule has 0 bridgehead atoms. The highest BCUT2D eigenvalue weighted by molar-refractivity contribution is 9.10. The van der Waals surface area contributed by atoms with Gasteiger partial charge in [0, 0.05) is 17.3 Å². The van der Waals surface area contributed by atoms with Gasteiger partial charge < -0.3 is 4.74 Å². The Kier molecular flexibility index (Phi) is 4.38. The van der Waals surface area contributed by atoms with Gasteiger partial charge >= 0.3 is 0 Å². The van der Waals surface area contributed by atoms with E-state index in [0.29, 0.717) is 6.61 Å². The number of aryl methyl sites for hydroxylation is 1. The summed E-state index contributed by atoms with van der Waals surface area (Å²) < 4.78 is 8.27. The van der Waals surface area contributed by atoms with Crippen molar-refractivity contribution >= 4 is 27.7 Å². The van der Waals surface area contributed by atoms with Gasteiger partial charge in [-0.05, 0) is 34.7 Å². The molecule has 0 radical (unpaired) electrons. The predicted octanol–water partition coefficient (Wildman–Crippen LogP) is 2.14. The van der Waals surface area contributed by atoms with E-state index in [1.165, 1.54) is 0 Å². The lowest BCUT2D eigenvalue weighted by Gasteiger charge is -2.05. The smallest absolute Gasteiger partial charge is 0.209 e. The van der Waals surface area contributed by atoms with E-state index >= 15 is 0 Å². The third kappa shape index (κ3) is 3.71. The Hall–Kier alpha value is -1.08. The van der Waals surface area contributed by atoms with E-state index in [0.717, 1.165) is 21.1 Å². The quantitative estimate of drug-likeness (QED) is 0.625. The average molecular weight is 315 g/mol. The molecule has 0 saturated carbocycles. The highest BCUT2D eigenvalue weighted by Gasteiger charge is 2.02. The van der Waals surface area contributed by atoms with Crippen LogP contribution in [-0.2, 0) is 7.05 Å². The zero-order valence-electron chi connectivity index (χ0n) is 9.21. The largest absolute Gasteiger partial charge is 0.493 e. The van der Waals surface area contributed by atoms with Crippen LogP contribution in [0.5, 0.6) is 5.75 Å². The summed E-state index contributed by atoms with van der Waals surface area (Å²) in [5.74, 6) is 1.68.